The molecule has 26 heavy (non-hydrogen) atoms. The molecule has 0 radical (unpaired) electrons. The first-order valence-corrected chi connectivity index (χ1v) is 8.28. The zero-order valence-corrected chi connectivity index (χ0v) is 15.2. The highest BCUT2D eigenvalue weighted by Crippen LogP contribution is 2.25. The lowest BCUT2D eigenvalue weighted by Crippen LogP contribution is -2.14. The standard InChI is InChI=1S/C19H18ClN3O3/c1-25-15-7-8-16(17(11-15)26-2)19(24)21-18-9-10-23(22-18)12-13-3-5-14(20)6-4-13/h3-11H,12H2,1-2H3,(H,21,22,24). The molecule has 0 fully saturated rings. The van der Waals surface area contributed by atoms with Crippen molar-refractivity contribution in [1.82, 2.24) is 9.78 Å². The number of nitrogens with zero attached hydrogens (tertiary/aromatic N) is 2. The summed E-state index contributed by atoms with van der Waals surface area (Å²) >= 11 is 5.89. The highest BCUT2D eigenvalue weighted by atomic mass is 35.5. The third-order valence-electron chi connectivity index (χ3n) is 3.79. The van der Waals surface area contributed by atoms with E-state index in [-0.39, 0.29) is 5.91 Å². The minimum absolute atomic E-state index is 0.304. The molecule has 7 heteroatoms. The first-order chi connectivity index (χ1) is 12.6. The molecule has 0 spiro atoms. The third-order valence-corrected chi connectivity index (χ3v) is 4.05. The molecular formula is C19H18ClN3O3. The van der Waals surface area contributed by atoms with Gasteiger partial charge in [0.15, 0.2) is 5.82 Å². The number of anilines is 1. The Morgan fingerprint density at radius 3 is 2.58 bits per heavy atom. The molecule has 1 aromatic heterocycles. The van der Waals surface area contributed by atoms with Gasteiger partial charge in [0, 0.05) is 23.4 Å². The molecule has 0 aliphatic heterocycles. The van der Waals surface area contributed by atoms with Crippen molar-refractivity contribution < 1.29 is 14.3 Å². The summed E-state index contributed by atoms with van der Waals surface area (Å²) in [4.78, 5) is 12.5. The Kier molecular flexibility index (Phi) is 5.43. The van der Waals surface area contributed by atoms with Crippen LogP contribution in [0.25, 0.3) is 0 Å². The van der Waals surface area contributed by atoms with Crippen molar-refractivity contribution in [2.75, 3.05) is 19.5 Å². The van der Waals surface area contributed by atoms with E-state index in [9.17, 15) is 4.79 Å². The second-order valence-corrected chi connectivity index (χ2v) is 5.98. The van der Waals surface area contributed by atoms with Gasteiger partial charge in [-0.15, -0.1) is 0 Å². The maximum Gasteiger partial charge on any atom is 0.260 e. The van der Waals surface area contributed by atoms with E-state index >= 15 is 0 Å². The fraction of sp³-hybridized carbons (Fsp3) is 0.158. The Morgan fingerprint density at radius 1 is 1.12 bits per heavy atom. The highest BCUT2D eigenvalue weighted by molar-refractivity contribution is 6.30. The van der Waals surface area contributed by atoms with Crippen LogP contribution in [-0.2, 0) is 6.54 Å². The Labute approximate surface area is 156 Å². The van der Waals surface area contributed by atoms with Crippen LogP contribution in [0.4, 0.5) is 5.82 Å². The van der Waals surface area contributed by atoms with Crippen molar-refractivity contribution in [3.63, 3.8) is 0 Å². The van der Waals surface area contributed by atoms with Gasteiger partial charge in [-0.2, -0.15) is 5.10 Å². The van der Waals surface area contributed by atoms with Crippen molar-refractivity contribution in [2.45, 2.75) is 6.54 Å². The topological polar surface area (TPSA) is 65.4 Å². The number of hydrogen-bond donors (Lipinski definition) is 1. The number of carbonyl (C=O) groups excluding carboxylic acids is 1. The molecule has 3 rings (SSSR count). The average Bonchev–Trinajstić information content (AvgIpc) is 3.09. The van der Waals surface area contributed by atoms with Gasteiger partial charge in [-0.3, -0.25) is 9.48 Å². The lowest BCUT2D eigenvalue weighted by molar-refractivity contribution is 0.102. The van der Waals surface area contributed by atoms with Crippen molar-refractivity contribution in [1.29, 1.82) is 0 Å². The molecule has 134 valence electrons. The Morgan fingerprint density at radius 2 is 1.88 bits per heavy atom. The van der Waals surface area contributed by atoms with Crippen LogP contribution in [-0.4, -0.2) is 29.9 Å². The van der Waals surface area contributed by atoms with Gasteiger partial charge in [-0.1, -0.05) is 23.7 Å². The number of aromatic nitrogens is 2. The van der Waals surface area contributed by atoms with Gasteiger partial charge in [-0.05, 0) is 29.8 Å². The summed E-state index contributed by atoms with van der Waals surface area (Å²) in [6.07, 6.45) is 1.80. The Hall–Kier alpha value is -2.99. The number of nitrogens with one attached hydrogen (secondary N) is 1. The number of carbonyl (C=O) groups is 1. The van der Waals surface area contributed by atoms with Crippen LogP contribution in [0.5, 0.6) is 11.5 Å². The second kappa shape index (κ2) is 7.93. The van der Waals surface area contributed by atoms with Gasteiger partial charge in [0.05, 0.1) is 26.3 Å². The summed E-state index contributed by atoms with van der Waals surface area (Å²) in [5, 5.41) is 7.83. The molecule has 1 amide bonds. The summed E-state index contributed by atoms with van der Waals surface area (Å²) in [6.45, 7) is 0.582. The molecule has 6 nitrogen and oxygen atoms in total. The van der Waals surface area contributed by atoms with Crippen LogP contribution >= 0.6 is 11.6 Å². The zero-order chi connectivity index (χ0) is 18.5. The SMILES string of the molecule is COc1ccc(C(=O)Nc2ccn(Cc3ccc(Cl)cc3)n2)c(OC)c1. The van der Waals surface area contributed by atoms with Crippen molar-refractivity contribution in [2.24, 2.45) is 0 Å². The molecule has 0 saturated carbocycles. The normalized spacial score (nSPS) is 10.4. The van der Waals surface area contributed by atoms with Gasteiger partial charge in [0.25, 0.3) is 5.91 Å². The third kappa shape index (κ3) is 4.15. The first-order valence-electron chi connectivity index (χ1n) is 7.90. The van der Waals surface area contributed by atoms with Crippen LogP contribution in [0.2, 0.25) is 5.02 Å². The van der Waals surface area contributed by atoms with Gasteiger partial charge >= 0.3 is 0 Å². The lowest BCUT2D eigenvalue weighted by atomic mass is 10.1. The number of methoxy groups -OCH3 is 2. The Bertz CT molecular complexity index is 907. The van der Waals surface area contributed by atoms with E-state index < -0.39 is 0 Å². The minimum atomic E-state index is -0.304. The number of benzene rings is 2. The van der Waals surface area contributed by atoms with E-state index in [2.05, 4.69) is 10.4 Å². The smallest absolute Gasteiger partial charge is 0.260 e. The van der Waals surface area contributed by atoms with Gasteiger partial charge in [0.2, 0.25) is 0 Å². The average molecular weight is 372 g/mol. The zero-order valence-electron chi connectivity index (χ0n) is 14.4. The molecule has 0 aliphatic carbocycles. The predicted molar refractivity (Wildman–Crippen MR) is 100 cm³/mol. The van der Waals surface area contributed by atoms with Crippen LogP contribution in [0, 0.1) is 0 Å². The maximum absolute atomic E-state index is 12.5. The molecule has 3 aromatic rings. The van der Waals surface area contributed by atoms with Gasteiger partial charge in [-0.25, -0.2) is 0 Å². The number of ether oxygens (including phenoxy) is 2. The second-order valence-electron chi connectivity index (χ2n) is 5.55. The van der Waals surface area contributed by atoms with E-state index in [1.165, 1.54) is 7.11 Å². The fourth-order valence-corrected chi connectivity index (χ4v) is 2.59. The minimum Gasteiger partial charge on any atom is -0.497 e. The summed E-state index contributed by atoms with van der Waals surface area (Å²) < 4.78 is 12.1. The predicted octanol–water partition coefficient (Wildman–Crippen LogP) is 3.85. The number of halogens is 1. The van der Waals surface area contributed by atoms with E-state index in [0.29, 0.717) is 34.4 Å². The lowest BCUT2D eigenvalue weighted by Gasteiger charge is -2.09. The maximum atomic E-state index is 12.5. The fourth-order valence-electron chi connectivity index (χ4n) is 2.46. The quantitative estimate of drug-likeness (QED) is 0.714. The molecule has 0 saturated heterocycles. The largest absolute Gasteiger partial charge is 0.497 e. The molecule has 1 N–H and O–H groups in total. The molecule has 0 aliphatic rings. The summed E-state index contributed by atoms with van der Waals surface area (Å²) in [5.41, 5.74) is 1.47. The van der Waals surface area contributed by atoms with E-state index in [0.717, 1.165) is 5.56 Å². The number of amides is 1. The van der Waals surface area contributed by atoms with E-state index in [1.54, 1.807) is 42.3 Å². The van der Waals surface area contributed by atoms with Crippen LogP contribution < -0.4 is 14.8 Å². The highest BCUT2D eigenvalue weighted by Gasteiger charge is 2.14. The molecule has 0 bridgehead atoms. The molecule has 1 heterocycles. The van der Waals surface area contributed by atoms with Crippen LogP contribution in [0.3, 0.4) is 0 Å². The van der Waals surface area contributed by atoms with Crippen molar-refractivity contribution in [3.05, 3.63) is 70.9 Å². The molecular weight excluding hydrogens is 354 g/mol. The van der Waals surface area contributed by atoms with Crippen molar-refractivity contribution >= 4 is 23.3 Å². The van der Waals surface area contributed by atoms with Crippen LogP contribution in [0.1, 0.15) is 15.9 Å². The van der Waals surface area contributed by atoms with E-state index in [1.807, 2.05) is 24.3 Å². The van der Waals surface area contributed by atoms with E-state index in [4.69, 9.17) is 21.1 Å². The number of hydrogen-bond acceptors (Lipinski definition) is 4. The van der Waals surface area contributed by atoms with Crippen LogP contribution in [0.15, 0.2) is 54.7 Å². The molecule has 0 unspecified atom stereocenters. The molecule has 0 atom stereocenters. The monoisotopic (exact) mass is 371 g/mol. The number of rotatable bonds is 6. The summed E-state index contributed by atoms with van der Waals surface area (Å²) in [7, 11) is 3.06. The van der Waals surface area contributed by atoms with Crippen molar-refractivity contribution in [3.8, 4) is 11.5 Å². The van der Waals surface area contributed by atoms with Gasteiger partial charge in [0.1, 0.15) is 11.5 Å². The first kappa shape index (κ1) is 17.8. The summed E-state index contributed by atoms with van der Waals surface area (Å²) in [5.74, 6) is 1.20. The Balaban J connectivity index is 1.70. The summed E-state index contributed by atoms with van der Waals surface area (Å²) in [6, 6.07) is 14.3. The van der Waals surface area contributed by atoms with Gasteiger partial charge < -0.3 is 14.8 Å². The molecule has 2 aromatic carbocycles.